The first kappa shape index (κ1) is 13.9. The van der Waals surface area contributed by atoms with Crippen molar-refractivity contribution in [1.29, 1.82) is 0 Å². The summed E-state index contributed by atoms with van der Waals surface area (Å²) in [7, 11) is 0. The SMILES string of the molecule is CC1(C)CCCN(c2cc(Br)ccc2CN)CC1. The highest BCUT2D eigenvalue weighted by atomic mass is 79.9. The lowest BCUT2D eigenvalue weighted by Gasteiger charge is -2.27. The predicted molar refractivity (Wildman–Crippen MR) is 81.9 cm³/mol. The minimum Gasteiger partial charge on any atom is -0.371 e. The molecular weight excluding hydrogens is 288 g/mol. The Hall–Kier alpha value is -0.540. The quantitative estimate of drug-likeness (QED) is 0.897. The number of rotatable bonds is 2. The Morgan fingerprint density at radius 1 is 1.28 bits per heavy atom. The Morgan fingerprint density at radius 3 is 2.78 bits per heavy atom. The van der Waals surface area contributed by atoms with Crippen LogP contribution >= 0.6 is 15.9 Å². The monoisotopic (exact) mass is 310 g/mol. The van der Waals surface area contributed by atoms with Gasteiger partial charge in [-0.3, -0.25) is 0 Å². The molecule has 100 valence electrons. The zero-order valence-corrected chi connectivity index (χ0v) is 13.0. The molecule has 0 saturated carbocycles. The summed E-state index contributed by atoms with van der Waals surface area (Å²) >= 11 is 3.57. The molecule has 0 radical (unpaired) electrons. The second kappa shape index (κ2) is 5.62. The molecule has 1 aliphatic heterocycles. The van der Waals surface area contributed by atoms with Crippen LogP contribution in [0.25, 0.3) is 0 Å². The van der Waals surface area contributed by atoms with E-state index in [1.165, 1.54) is 30.5 Å². The van der Waals surface area contributed by atoms with Gasteiger partial charge >= 0.3 is 0 Å². The van der Waals surface area contributed by atoms with E-state index >= 15 is 0 Å². The Bertz CT molecular complexity index is 415. The Morgan fingerprint density at radius 2 is 2.06 bits per heavy atom. The first-order valence-electron chi connectivity index (χ1n) is 6.75. The molecule has 0 amide bonds. The summed E-state index contributed by atoms with van der Waals surface area (Å²) in [5, 5.41) is 0. The fourth-order valence-corrected chi connectivity index (χ4v) is 3.02. The molecule has 1 aromatic carbocycles. The molecule has 2 N–H and O–H groups in total. The fourth-order valence-electron chi connectivity index (χ4n) is 2.67. The fraction of sp³-hybridized carbons (Fsp3) is 0.600. The van der Waals surface area contributed by atoms with Crippen molar-refractivity contribution >= 4 is 21.6 Å². The summed E-state index contributed by atoms with van der Waals surface area (Å²) in [6.07, 6.45) is 3.84. The maximum absolute atomic E-state index is 5.86. The smallest absolute Gasteiger partial charge is 0.0423 e. The van der Waals surface area contributed by atoms with Gasteiger partial charge in [0.1, 0.15) is 0 Å². The van der Waals surface area contributed by atoms with E-state index in [2.05, 4.69) is 52.9 Å². The molecule has 2 rings (SSSR count). The molecule has 0 aliphatic carbocycles. The van der Waals surface area contributed by atoms with Crippen LogP contribution in [0.15, 0.2) is 22.7 Å². The molecule has 1 aromatic rings. The average molecular weight is 311 g/mol. The second-order valence-electron chi connectivity index (χ2n) is 5.98. The summed E-state index contributed by atoms with van der Waals surface area (Å²) < 4.78 is 1.14. The molecular formula is C15H23BrN2. The van der Waals surface area contributed by atoms with E-state index in [-0.39, 0.29) is 0 Å². The van der Waals surface area contributed by atoms with Crippen LogP contribution in [0.5, 0.6) is 0 Å². The molecule has 1 saturated heterocycles. The number of halogens is 1. The van der Waals surface area contributed by atoms with Gasteiger partial charge in [-0.2, -0.15) is 0 Å². The first-order chi connectivity index (χ1) is 8.52. The van der Waals surface area contributed by atoms with Gasteiger partial charge < -0.3 is 10.6 Å². The van der Waals surface area contributed by atoms with Crippen LogP contribution in [0.3, 0.4) is 0 Å². The number of benzene rings is 1. The molecule has 18 heavy (non-hydrogen) atoms. The molecule has 0 spiro atoms. The zero-order valence-electron chi connectivity index (χ0n) is 11.4. The average Bonchev–Trinajstić information content (AvgIpc) is 2.50. The largest absolute Gasteiger partial charge is 0.371 e. The number of hydrogen-bond donors (Lipinski definition) is 1. The number of hydrogen-bond acceptors (Lipinski definition) is 2. The van der Waals surface area contributed by atoms with Gasteiger partial charge in [0.05, 0.1) is 0 Å². The van der Waals surface area contributed by atoms with Crippen molar-refractivity contribution in [2.75, 3.05) is 18.0 Å². The molecule has 1 heterocycles. The lowest BCUT2D eigenvalue weighted by molar-refractivity contribution is 0.325. The topological polar surface area (TPSA) is 29.3 Å². The van der Waals surface area contributed by atoms with E-state index in [9.17, 15) is 0 Å². The van der Waals surface area contributed by atoms with Crippen molar-refractivity contribution in [3.8, 4) is 0 Å². The van der Waals surface area contributed by atoms with Gasteiger partial charge in [0.25, 0.3) is 0 Å². The Labute approximate surface area is 119 Å². The summed E-state index contributed by atoms with van der Waals surface area (Å²) in [5.74, 6) is 0. The highest BCUT2D eigenvalue weighted by Gasteiger charge is 2.23. The maximum atomic E-state index is 5.86. The highest BCUT2D eigenvalue weighted by molar-refractivity contribution is 9.10. The van der Waals surface area contributed by atoms with Crippen LogP contribution in [-0.4, -0.2) is 13.1 Å². The van der Waals surface area contributed by atoms with Gasteiger partial charge in [-0.15, -0.1) is 0 Å². The summed E-state index contributed by atoms with van der Waals surface area (Å²) in [6, 6.07) is 6.42. The van der Waals surface area contributed by atoms with E-state index < -0.39 is 0 Å². The molecule has 3 heteroatoms. The van der Waals surface area contributed by atoms with Gasteiger partial charge in [0.15, 0.2) is 0 Å². The van der Waals surface area contributed by atoms with Gasteiger partial charge in [0, 0.05) is 29.8 Å². The van der Waals surface area contributed by atoms with E-state index in [1.54, 1.807) is 0 Å². The third-order valence-electron chi connectivity index (χ3n) is 3.95. The van der Waals surface area contributed by atoms with Crippen LogP contribution in [0.2, 0.25) is 0 Å². The normalized spacial score (nSPS) is 19.7. The number of nitrogens with zero attached hydrogens (tertiary/aromatic N) is 1. The lowest BCUT2D eigenvalue weighted by Crippen LogP contribution is -2.26. The Balaban J connectivity index is 2.23. The summed E-state index contributed by atoms with van der Waals surface area (Å²) in [5.41, 5.74) is 8.89. The minimum absolute atomic E-state index is 0.476. The molecule has 0 aromatic heterocycles. The lowest BCUT2D eigenvalue weighted by atomic mass is 9.85. The van der Waals surface area contributed by atoms with E-state index in [4.69, 9.17) is 5.73 Å². The van der Waals surface area contributed by atoms with Crippen LogP contribution in [-0.2, 0) is 6.54 Å². The molecule has 1 fully saturated rings. The zero-order chi connectivity index (χ0) is 13.2. The van der Waals surface area contributed by atoms with Crippen molar-refractivity contribution in [2.45, 2.75) is 39.7 Å². The molecule has 0 bridgehead atoms. The minimum atomic E-state index is 0.476. The molecule has 2 nitrogen and oxygen atoms in total. The van der Waals surface area contributed by atoms with Gasteiger partial charge in [-0.25, -0.2) is 0 Å². The van der Waals surface area contributed by atoms with Crippen LogP contribution in [0.1, 0.15) is 38.7 Å². The van der Waals surface area contributed by atoms with E-state index in [0.29, 0.717) is 12.0 Å². The molecule has 0 unspecified atom stereocenters. The van der Waals surface area contributed by atoms with Crippen molar-refractivity contribution in [3.05, 3.63) is 28.2 Å². The third kappa shape index (κ3) is 3.27. The van der Waals surface area contributed by atoms with Crippen LogP contribution < -0.4 is 10.6 Å². The van der Waals surface area contributed by atoms with Gasteiger partial charge in [-0.05, 0) is 42.4 Å². The predicted octanol–water partition coefficient (Wildman–Crippen LogP) is 3.92. The van der Waals surface area contributed by atoms with Gasteiger partial charge in [-0.1, -0.05) is 35.8 Å². The van der Waals surface area contributed by atoms with Crippen molar-refractivity contribution in [2.24, 2.45) is 11.1 Å². The number of anilines is 1. The second-order valence-corrected chi connectivity index (χ2v) is 6.90. The number of nitrogens with two attached hydrogens (primary N) is 1. The molecule has 0 atom stereocenters. The standard InChI is InChI=1S/C15H23BrN2/c1-15(2)6-3-8-18(9-7-15)14-10-13(16)5-4-12(14)11-17/h4-5,10H,3,6-9,11,17H2,1-2H3. The third-order valence-corrected chi connectivity index (χ3v) is 4.44. The van der Waals surface area contributed by atoms with Crippen LogP contribution in [0.4, 0.5) is 5.69 Å². The van der Waals surface area contributed by atoms with E-state index in [0.717, 1.165) is 17.6 Å². The highest BCUT2D eigenvalue weighted by Crippen LogP contribution is 2.33. The van der Waals surface area contributed by atoms with Crippen molar-refractivity contribution < 1.29 is 0 Å². The van der Waals surface area contributed by atoms with Crippen molar-refractivity contribution in [3.63, 3.8) is 0 Å². The summed E-state index contributed by atoms with van der Waals surface area (Å²) in [6.45, 7) is 7.65. The van der Waals surface area contributed by atoms with Crippen molar-refractivity contribution in [1.82, 2.24) is 0 Å². The summed E-state index contributed by atoms with van der Waals surface area (Å²) in [4.78, 5) is 2.50. The maximum Gasteiger partial charge on any atom is 0.0423 e. The molecule has 1 aliphatic rings. The Kier molecular flexibility index (Phi) is 4.33. The van der Waals surface area contributed by atoms with Crippen LogP contribution in [0, 0.1) is 5.41 Å². The van der Waals surface area contributed by atoms with E-state index in [1.807, 2.05) is 0 Å². The van der Waals surface area contributed by atoms with Gasteiger partial charge in [0.2, 0.25) is 0 Å². The first-order valence-corrected chi connectivity index (χ1v) is 7.54.